The zero-order valence-corrected chi connectivity index (χ0v) is 10.2. The van der Waals surface area contributed by atoms with Gasteiger partial charge >= 0.3 is 0 Å². The van der Waals surface area contributed by atoms with Crippen molar-refractivity contribution in [3.8, 4) is 0 Å². The molecule has 0 N–H and O–H groups in total. The Bertz CT molecular complexity index is 295. The Morgan fingerprint density at radius 3 is 3.07 bits per heavy atom. The van der Waals surface area contributed by atoms with Crippen molar-refractivity contribution in [3.63, 3.8) is 0 Å². The Morgan fingerprint density at radius 1 is 1.57 bits per heavy atom. The Kier molecular flexibility index (Phi) is 3.26. The minimum atomic E-state index is 0.748. The lowest BCUT2D eigenvalue weighted by atomic mass is 10.0. The van der Waals surface area contributed by atoms with E-state index in [9.17, 15) is 0 Å². The van der Waals surface area contributed by atoms with Gasteiger partial charge < -0.3 is 4.57 Å². The molecule has 1 heterocycles. The van der Waals surface area contributed by atoms with Crippen molar-refractivity contribution < 1.29 is 0 Å². The van der Waals surface area contributed by atoms with E-state index in [0.29, 0.717) is 0 Å². The van der Waals surface area contributed by atoms with Gasteiger partial charge in [-0.05, 0) is 32.1 Å². The summed E-state index contributed by atoms with van der Waals surface area (Å²) < 4.78 is 2.25. The maximum atomic E-state index is 4.42. The zero-order chi connectivity index (χ0) is 9.97. The maximum Gasteiger partial charge on any atom is 0.108 e. The Balaban J connectivity index is 1.97. The predicted molar refractivity (Wildman–Crippen MR) is 61.7 cm³/mol. The number of halogens is 1. The molecule has 1 aromatic heterocycles. The Hall–Kier alpha value is -0.310. The molecule has 2 nitrogen and oxygen atoms in total. The molecule has 1 fully saturated rings. The van der Waals surface area contributed by atoms with E-state index in [2.05, 4.69) is 38.6 Å². The van der Waals surface area contributed by atoms with Crippen molar-refractivity contribution in [2.24, 2.45) is 5.92 Å². The van der Waals surface area contributed by atoms with Gasteiger partial charge in [-0.15, -0.1) is 0 Å². The number of rotatable bonds is 3. The first kappa shape index (κ1) is 10.2. The molecule has 78 valence electrons. The van der Waals surface area contributed by atoms with Gasteiger partial charge in [0.05, 0.1) is 0 Å². The lowest BCUT2D eigenvalue weighted by Gasteiger charge is -2.09. The second-order valence-electron chi connectivity index (χ2n) is 4.11. The van der Waals surface area contributed by atoms with E-state index in [1.807, 2.05) is 6.20 Å². The molecule has 0 aliphatic heterocycles. The van der Waals surface area contributed by atoms with Crippen LogP contribution in [0.3, 0.4) is 0 Å². The lowest BCUT2D eigenvalue weighted by Crippen LogP contribution is -2.07. The second-order valence-corrected chi connectivity index (χ2v) is 5.40. The molecule has 1 saturated carbocycles. The van der Waals surface area contributed by atoms with Gasteiger partial charge in [0, 0.05) is 30.2 Å². The summed E-state index contributed by atoms with van der Waals surface area (Å²) in [4.78, 5) is 5.17. The largest absolute Gasteiger partial charge is 0.335 e. The first-order valence-corrected chi connectivity index (χ1v) is 6.35. The molecule has 2 atom stereocenters. The van der Waals surface area contributed by atoms with Crippen LogP contribution in [0.25, 0.3) is 0 Å². The van der Waals surface area contributed by atoms with E-state index in [0.717, 1.165) is 23.7 Å². The summed E-state index contributed by atoms with van der Waals surface area (Å²) in [6.45, 7) is 3.22. The van der Waals surface area contributed by atoms with Crippen molar-refractivity contribution in [2.45, 2.75) is 44.0 Å². The molecule has 1 aliphatic rings. The van der Waals surface area contributed by atoms with Gasteiger partial charge in [-0.25, -0.2) is 4.98 Å². The van der Waals surface area contributed by atoms with Crippen molar-refractivity contribution >= 4 is 15.9 Å². The fourth-order valence-corrected chi connectivity index (χ4v) is 3.07. The number of alkyl halides is 1. The number of nitrogens with zero attached hydrogens (tertiary/aromatic N) is 2. The average molecular weight is 257 g/mol. The number of hydrogen-bond donors (Lipinski definition) is 0. The maximum absolute atomic E-state index is 4.42. The molecule has 0 bridgehead atoms. The summed E-state index contributed by atoms with van der Waals surface area (Å²) in [7, 11) is 0. The summed E-state index contributed by atoms with van der Waals surface area (Å²) in [6, 6.07) is 0. The van der Waals surface area contributed by atoms with Gasteiger partial charge in [-0.3, -0.25) is 0 Å². The molecule has 0 amide bonds. The lowest BCUT2D eigenvalue weighted by molar-refractivity contribution is 0.514. The Morgan fingerprint density at radius 2 is 2.43 bits per heavy atom. The minimum absolute atomic E-state index is 0.748. The molecule has 0 spiro atoms. The van der Waals surface area contributed by atoms with Crippen LogP contribution in [-0.2, 0) is 13.0 Å². The molecule has 1 aromatic rings. The minimum Gasteiger partial charge on any atom is -0.335 e. The van der Waals surface area contributed by atoms with Crippen LogP contribution in [0.15, 0.2) is 12.4 Å². The Labute approximate surface area is 93.9 Å². The molecule has 2 unspecified atom stereocenters. The van der Waals surface area contributed by atoms with Crippen molar-refractivity contribution in [3.05, 3.63) is 18.2 Å². The number of hydrogen-bond acceptors (Lipinski definition) is 1. The van der Waals surface area contributed by atoms with E-state index in [1.165, 1.54) is 25.1 Å². The van der Waals surface area contributed by atoms with Crippen LogP contribution in [0.2, 0.25) is 0 Å². The first-order chi connectivity index (χ1) is 6.79. The smallest absolute Gasteiger partial charge is 0.108 e. The highest BCUT2D eigenvalue weighted by Gasteiger charge is 2.23. The van der Waals surface area contributed by atoms with Crippen molar-refractivity contribution in [1.29, 1.82) is 0 Å². The van der Waals surface area contributed by atoms with Gasteiger partial charge in [0.1, 0.15) is 5.82 Å². The molecule has 0 aromatic carbocycles. The highest BCUT2D eigenvalue weighted by molar-refractivity contribution is 9.09. The third kappa shape index (κ3) is 2.19. The first-order valence-electron chi connectivity index (χ1n) is 5.43. The van der Waals surface area contributed by atoms with Crippen molar-refractivity contribution in [2.75, 3.05) is 0 Å². The van der Waals surface area contributed by atoms with Crippen LogP contribution in [0.1, 0.15) is 32.0 Å². The molecular formula is C11H17BrN2. The van der Waals surface area contributed by atoms with E-state index >= 15 is 0 Å². The number of aromatic nitrogens is 2. The van der Waals surface area contributed by atoms with Crippen LogP contribution >= 0.6 is 15.9 Å². The average Bonchev–Trinajstić information content (AvgIpc) is 2.76. The molecule has 3 heteroatoms. The van der Waals surface area contributed by atoms with E-state index < -0.39 is 0 Å². The monoisotopic (exact) mass is 256 g/mol. The van der Waals surface area contributed by atoms with Crippen molar-refractivity contribution in [1.82, 2.24) is 9.55 Å². The fourth-order valence-electron chi connectivity index (χ4n) is 2.28. The molecule has 0 radical (unpaired) electrons. The normalized spacial score (nSPS) is 27.0. The molecule has 2 rings (SSSR count). The second kappa shape index (κ2) is 4.47. The molecule has 14 heavy (non-hydrogen) atoms. The van der Waals surface area contributed by atoms with Crippen LogP contribution < -0.4 is 0 Å². The van der Waals surface area contributed by atoms with E-state index in [-0.39, 0.29) is 0 Å². The standard InChI is InChI=1S/C11H17BrN2/c1-2-14-6-5-13-11(14)8-9-3-4-10(12)7-9/h5-6,9-10H,2-4,7-8H2,1H3. The van der Waals surface area contributed by atoms with Crippen LogP contribution in [0, 0.1) is 5.92 Å². The molecular weight excluding hydrogens is 240 g/mol. The van der Waals surface area contributed by atoms with Crippen LogP contribution in [0.4, 0.5) is 0 Å². The number of imidazole rings is 1. The summed E-state index contributed by atoms with van der Waals surface area (Å²) in [6.07, 6.45) is 9.15. The summed E-state index contributed by atoms with van der Waals surface area (Å²) in [5.74, 6) is 2.10. The SMILES string of the molecule is CCn1ccnc1CC1CCC(Br)C1. The van der Waals surface area contributed by atoms with E-state index in [4.69, 9.17) is 0 Å². The molecule has 1 aliphatic carbocycles. The highest BCUT2D eigenvalue weighted by Crippen LogP contribution is 2.32. The summed E-state index contributed by atoms with van der Waals surface area (Å²) in [5.41, 5.74) is 0. The predicted octanol–water partition coefficient (Wildman–Crippen LogP) is 3.01. The third-order valence-electron chi connectivity index (χ3n) is 3.09. The van der Waals surface area contributed by atoms with Crippen LogP contribution in [0.5, 0.6) is 0 Å². The van der Waals surface area contributed by atoms with Gasteiger partial charge in [-0.2, -0.15) is 0 Å². The quantitative estimate of drug-likeness (QED) is 0.761. The highest BCUT2D eigenvalue weighted by atomic mass is 79.9. The van der Waals surface area contributed by atoms with Gasteiger partial charge in [-0.1, -0.05) is 15.9 Å². The topological polar surface area (TPSA) is 17.8 Å². The zero-order valence-electron chi connectivity index (χ0n) is 8.62. The summed E-state index contributed by atoms with van der Waals surface area (Å²) >= 11 is 3.69. The number of aryl methyl sites for hydroxylation is 1. The van der Waals surface area contributed by atoms with Gasteiger partial charge in [0.2, 0.25) is 0 Å². The fraction of sp³-hybridized carbons (Fsp3) is 0.727. The van der Waals surface area contributed by atoms with Gasteiger partial charge in [0.15, 0.2) is 0 Å². The summed E-state index contributed by atoms with van der Waals surface area (Å²) in [5, 5.41) is 0. The van der Waals surface area contributed by atoms with Gasteiger partial charge in [0.25, 0.3) is 0 Å². The molecule has 0 saturated heterocycles. The van der Waals surface area contributed by atoms with E-state index in [1.54, 1.807) is 0 Å². The third-order valence-corrected chi connectivity index (χ3v) is 3.92. The van der Waals surface area contributed by atoms with Crippen LogP contribution in [-0.4, -0.2) is 14.4 Å².